The second-order valence-corrected chi connectivity index (χ2v) is 9.93. The fraction of sp³-hybridized carbons (Fsp3) is 0.182. The Morgan fingerprint density at radius 1 is 0.487 bits per heavy atom. The van der Waals surface area contributed by atoms with Crippen molar-refractivity contribution in [1.82, 2.24) is 13.7 Å². The molecule has 0 aliphatic heterocycles. The lowest BCUT2D eigenvalue weighted by Gasteiger charge is -2.11. The van der Waals surface area contributed by atoms with E-state index in [2.05, 4.69) is 70.9 Å². The van der Waals surface area contributed by atoms with Gasteiger partial charge in [-0.2, -0.15) is 15.8 Å². The lowest BCUT2D eigenvalue weighted by Crippen LogP contribution is -2.00. The van der Waals surface area contributed by atoms with Crippen LogP contribution in [0.2, 0.25) is 0 Å². The van der Waals surface area contributed by atoms with Crippen LogP contribution in [0, 0.1) is 34.0 Å². The Morgan fingerprint density at radius 3 is 1.21 bits per heavy atom. The predicted molar refractivity (Wildman–Crippen MR) is 157 cm³/mol. The Labute approximate surface area is 224 Å². The highest BCUT2D eigenvalue weighted by molar-refractivity contribution is 6.40. The zero-order valence-electron chi connectivity index (χ0n) is 22.0. The quantitative estimate of drug-likeness (QED) is 0.247. The molecule has 3 heterocycles. The van der Waals surface area contributed by atoms with Crippen LogP contribution in [0.4, 0.5) is 0 Å². The average Bonchev–Trinajstić information content (AvgIpc) is 3.60. The van der Waals surface area contributed by atoms with Crippen LogP contribution in [0.5, 0.6) is 0 Å². The molecule has 186 valence electrons. The molecule has 0 unspecified atom stereocenters. The first-order chi connectivity index (χ1) is 19.1. The van der Waals surface area contributed by atoms with Crippen LogP contribution in [0.1, 0.15) is 37.5 Å². The maximum absolute atomic E-state index is 9.80. The molecule has 6 nitrogen and oxygen atoms in total. The first kappa shape index (κ1) is 22.9. The van der Waals surface area contributed by atoms with E-state index in [0.29, 0.717) is 16.7 Å². The third-order valence-corrected chi connectivity index (χ3v) is 8.24. The summed E-state index contributed by atoms with van der Waals surface area (Å²) in [6.45, 7) is 8.75. The summed E-state index contributed by atoms with van der Waals surface area (Å²) in [6.07, 6.45) is 0. The Kier molecular flexibility index (Phi) is 4.77. The molecule has 0 aliphatic rings. The van der Waals surface area contributed by atoms with Crippen LogP contribution in [0.25, 0.3) is 65.4 Å². The molecule has 0 bridgehead atoms. The minimum atomic E-state index is 0.616. The van der Waals surface area contributed by atoms with Gasteiger partial charge in [0.2, 0.25) is 0 Å². The second kappa shape index (κ2) is 8.12. The van der Waals surface area contributed by atoms with Crippen molar-refractivity contribution in [2.75, 3.05) is 0 Å². The minimum absolute atomic E-state index is 0.616. The van der Waals surface area contributed by atoms with E-state index in [1.807, 2.05) is 36.4 Å². The molecule has 0 radical (unpaired) electrons. The Hall–Kier alpha value is -5.25. The molecule has 7 aromatic rings. The number of hydrogen-bond acceptors (Lipinski definition) is 3. The molecule has 0 amide bonds. The van der Waals surface area contributed by atoms with Crippen molar-refractivity contribution in [3.63, 3.8) is 0 Å². The molecule has 0 spiro atoms. The summed E-state index contributed by atoms with van der Waals surface area (Å²) >= 11 is 0. The van der Waals surface area contributed by atoms with Crippen molar-refractivity contribution >= 4 is 65.4 Å². The highest BCUT2D eigenvalue weighted by Gasteiger charge is 2.27. The monoisotopic (exact) mass is 504 g/mol. The number of fused-ring (bicyclic) bond motifs is 12. The summed E-state index contributed by atoms with van der Waals surface area (Å²) in [6, 6.07) is 24.8. The van der Waals surface area contributed by atoms with Gasteiger partial charge < -0.3 is 13.7 Å². The topological polar surface area (TPSA) is 86.2 Å². The van der Waals surface area contributed by atoms with E-state index < -0.39 is 0 Å². The van der Waals surface area contributed by atoms with E-state index in [4.69, 9.17) is 0 Å². The van der Waals surface area contributed by atoms with Crippen molar-refractivity contribution in [1.29, 1.82) is 15.8 Å². The zero-order chi connectivity index (χ0) is 27.0. The van der Waals surface area contributed by atoms with E-state index in [9.17, 15) is 15.8 Å². The van der Waals surface area contributed by atoms with Crippen molar-refractivity contribution in [3.05, 3.63) is 71.3 Å². The molecule has 0 saturated heterocycles. The SMILES string of the molecule is CCn1c2ccc(C#N)cc2c2c3c4cc(C#N)ccc4n(CC)c3c3c(c4cc(C#N)ccc4n3CC)c21. The lowest BCUT2D eigenvalue weighted by atomic mass is 9.99. The highest BCUT2D eigenvalue weighted by atomic mass is 15.0. The van der Waals surface area contributed by atoms with Gasteiger partial charge in [0.15, 0.2) is 0 Å². The summed E-state index contributed by atoms with van der Waals surface area (Å²) in [4.78, 5) is 0. The van der Waals surface area contributed by atoms with Crippen LogP contribution in [-0.2, 0) is 19.6 Å². The molecule has 0 N–H and O–H groups in total. The molecular formula is C33H24N6. The summed E-state index contributed by atoms with van der Waals surface area (Å²) in [5.74, 6) is 0. The Bertz CT molecular complexity index is 2320. The van der Waals surface area contributed by atoms with Gasteiger partial charge in [0.05, 0.1) is 51.4 Å². The maximum Gasteiger partial charge on any atom is 0.0991 e. The van der Waals surface area contributed by atoms with Crippen molar-refractivity contribution in [3.8, 4) is 18.2 Å². The standard InChI is InChI=1S/C33H24N6/c1-4-37-25-10-7-19(16-34)13-22(25)28-29-23-14-20(17-35)8-11-26(23)38(5-2)32(29)33-30(31(28)37)24-15-21(18-36)9-12-27(24)39(33)6-3/h7-15H,4-6H2,1-3H3. The van der Waals surface area contributed by atoms with E-state index in [1.54, 1.807) is 0 Å². The summed E-state index contributed by atoms with van der Waals surface area (Å²) < 4.78 is 7.06. The van der Waals surface area contributed by atoms with Crippen LogP contribution >= 0.6 is 0 Å². The van der Waals surface area contributed by atoms with E-state index >= 15 is 0 Å². The number of rotatable bonds is 3. The van der Waals surface area contributed by atoms with Crippen LogP contribution in [-0.4, -0.2) is 13.7 Å². The van der Waals surface area contributed by atoms with E-state index in [-0.39, 0.29) is 0 Å². The number of nitrogens with zero attached hydrogens (tertiary/aromatic N) is 6. The summed E-state index contributed by atoms with van der Waals surface area (Å²) in [5, 5.41) is 35.9. The zero-order valence-corrected chi connectivity index (χ0v) is 22.0. The van der Waals surface area contributed by atoms with E-state index in [1.165, 1.54) is 0 Å². The first-order valence-corrected chi connectivity index (χ1v) is 13.3. The molecule has 6 heteroatoms. The first-order valence-electron chi connectivity index (χ1n) is 13.3. The third kappa shape index (κ3) is 2.77. The average molecular weight is 505 g/mol. The summed E-state index contributed by atoms with van der Waals surface area (Å²) in [7, 11) is 0. The lowest BCUT2D eigenvalue weighted by molar-refractivity contribution is 0.807. The minimum Gasteiger partial charge on any atom is -0.340 e. The normalized spacial score (nSPS) is 11.7. The number of benzene rings is 4. The van der Waals surface area contributed by atoms with Gasteiger partial charge in [0.1, 0.15) is 0 Å². The molecule has 39 heavy (non-hydrogen) atoms. The van der Waals surface area contributed by atoms with E-state index in [0.717, 1.165) is 85.1 Å². The Morgan fingerprint density at radius 2 is 0.821 bits per heavy atom. The predicted octanol–water partition coefficient (Wildman–Crippen LogP) is 7.69. The molecule has 0 saturated carbocycles. The molecule has 0 fully saturated rings. The van der Waals surface area contributed by atoms with Gasteiger partial charge in [0.25, 0.3) is 0 Å². The van der Waals surface area contributed by atoms with Gasteiger partial charge in [0, 0.05) is 68.5 Å². The summed E-state index contributed by atoms with van der Waals surface area (Å²) in [5.41, 5.74) is 8.49. The smallest absolute Gasteiger partial charge is 0.0991 e. The fourth-order valence-electron chi connectivity index (χ4n) is 6.76. The number of aryl methyl sites for hydroxylation is 3. The molecule has 4 aromatic carbocycles. The largest absolute Gasteiger partial charge is 0.340 e. The van der Waals surface area contributed by atoms with Gasteiger partial charge in [-0.15, -0.1) is 0 Å². The fourth-order valence-corrected chi connectivity index (χ4v) is 6.76. The molecule has 7 rings (SSSR count). The molecule has 3 aromatic heterocycles. The van der Waals surface area contributed by atoms with Crippen LogP contribution in [0.15, 0.2) is 54.6 Å². The van der Waals surface area contributed by atoms with Crippen LogP contribution in [0.3, 0.4) is 0 Å². The third-order valence-electron chi connectivity index (χ3n) is 8.24. The van der Waals surface area contributed by atoms with Gasteiger partial charge in [-0.3, -0.25) is 0 Å². The van der Waals surface area contributed by atoms with Gasteiger partial charge in [-0.1, -0.05) is 0 Å². The van der Waals surface area contributed by atoms with Crippen LogP contribution < -0.4 is 0 Å². The van der Waals surface area contributed by atoms with Gasteiger partial charge in [-0.05, 0) is 75.4 Å². The second-order valence-electron chi connectivity index (χ2n) is 9.93. The number of aromatic nitrogens is 3. The molecule has 0 aliphatic carbocycles. The van der Waals surface area contributed by atoms with Gasteiger partial charge >= 0.3 is 0 Å². The van der Waals surface area contributed by atoms with Crippen molar-refractivity contribution in [2.45, 2.75) is 40.4 Å². The van der Waals surface area contributed by atoms with Crippen molar-refractivity contribution in [2.24, 2.45) is 0 Å². The Balaban J connectivity index is 1.97. The number of nitriles is 3. The molecule has 0 atom stereocenters. The van der Waals surface area contributed by atoms with Gasteiger partial charge in [-0.25, -0.2) is 0 Å². The number of hydrogen-bond donors (Lipinski definition) is 0. The van der Waals surface area contributed by atoms with Crippen molar-refractivity contribution < 1.29 is 0 Å². The molecular weight excluding hydrogens is 480 g/mol. The maximum atomic E-state index is 9.80. The highest BCUT2D eigenvalue weighted by Crippen LogP contribution is 2.48.